The van der Waals surface area contributed by atoms with Crippen LogP contribution < -0.4 is 16.4 Å². The molecule has 0 aliphatic heterocycles. The molecule has 3 aromatic rings. The quantitative estimate of drug-likeness (QED) is 0.337. The average molecular weight is 366 g/mol. The second-order valence-electron chi connectivity index (χ2n) is 6.39. The topological polar surface area (TPSA) is 118 Å². The molecular weight excluding hydrogens is 344 g/mol. The van der Waals surface area contributed by atoms with Gasteiger partial charge in [0.05, 0.1) is 29.8 Å². The van der Waals surface area contributed by atoms with Gasteiger partial charge in [0.15, 0.2) is 5.78 Å². The predicted octanol–water partition coefficient (Wildman–Crippen LogP) is 0.595. The third kappa shape index (κ3) is 2.97. The summed E-state index contributed by atoms with van der Waals surface area (Å²) in [6, 6.07) is 5.74. The Balaban J connectivity index is 1.86. The fourth-order valence-corrected chi connectivity index (χ4v) is 3.53. The monoisotopic (exact) mass is 366 g/mol. The minimum absolute atomic E-state index is 0.0475. The van der Waals surface area contributed by atoms with Crippen LogP contribution in [0.4, 0.5) is 5.69 Å². The van der Waals surface area contributed by atoms with E-state index in [9.17, 15) is 4.79 Å². The van der Waals surface area contributed by atoms with Crippen LogP contribution in [0.3, 0.4) is 0 Å². The molecular formula is C19H22N6O2. The van der Waals surface area contributed by atoms with Crippen molar-refractivity contribution < 1.29 is 9.90 Å². The van der Waals surface area contributed by atoms with Crippen molar-refractivity contribution in [1.29, 1.82) is 0 Å². The van der Waals surface area contributed by atoms with Gasteiger partial charge in [0.25, 0.3) is 0 Å². The maximum absolute atomic E-state index is 13.2. The van der Waals surface area contributed by atoms with Crippen LogP contribution in [0.1, 0.15) is 15.9 Å². The van der Waals surface area contributed by atoms with E-state index < -0.39 is 0 Å². The molecule has 5 N–H and O–H groups in total. The van der Waals surface area contributed by atoms with Gasteiger partial charge in [-0.05, 0) is 18.2 Å². The van der Waals surface area contributed by atoms with Gasteiger partial charge in [0, 0.05) is 55.2 Å². The molecule has 2 heterocycles. The molecule has 2 aromatic heterocycles. The van der Waals surface area contributed by atoms with E-state index in [-0.39, 0.29) is 12.4 Å². The summed E-state index contributed by atoms with van der Waals surface area (Å²) >= 11 is 0. The molecule has 1 aliphatic carbocycles. The van der Waals surface area contributed by atoms with Crippen molar-refractivity contribution in [1.82, 2.24) is 20.1 Å². The van der Waals surface area contributed by atoms with Crippen molar-refractivity contribution in [3.05, 3.63) is 41.7 Å². The number of rotatable bonds is 8. The van der Waals surface area contributed by atoms with Crippen LogP contribution in [-0.2, 0) is 6.54 Å². The minimum atomic E-state index is -0.0475. The van der Waals surface area contributed by atoms with E-state index in [0.717, 1.165) is 27.8 Å². The normalized spacial score (nSPS) is 12.4. The second kappa shape index (κ2) is 7.43. The number of pyridine rings is 1. The summed E-state index contributed by atoms with van der Waals surface area (Å²) in [7, 11) is 0. The van der Waals surface area contributed by atoms with E-state index in [1.807, 2.05) is 22.9 Å². The molecule has 1 aromatic carbocycles. The SMILES string of the molecule is NCCNc1ccc2c3c(nn2CCNCCO)-c2ccncc2C(=O)c13. The number of ketones is 1. The molecule has 1 aliphatic rings. The number of nitrogens with zero attached hydrogens (tertiary/aromatic N) is 3. The highest BCUT2D eigenvalue weighted by atomic mass is 16.3. The minimum Gasteiger partial charge on any atom is -0.395 e. The lowest BCUT2D eigenvalue weighted by molar-refractivity contribution is 0.104. The zero-order chi connectivity index (χ0) is 18.8. The first-order chi connectivity index (χ1) is 13.3. The van der Waals surface area contributed by atoms with Crippen LogP contribution in [0.25, 0.3) is 22.2 Å². The summed E-state index contributed by atoms with van der Waals surface area (Å²) in [5.74, 6) is -0.0475. The maximum atomic E-state index is 13.2. The summed E-state index contributed by atoms with van der Waals surface area (Å²) in [5, 5.41) is 21.0. The van der Waals surface area contributed by atoms with Gasteiger partial charge < -0.3 is 21.5 Å². The molecule has 0 amide bonds. The number of hydrogen-bond acceptors (Lipinski definition) is 7. The highest BCUT2D eigenvalue weighted by Crippen LogP contribution is 2.41. The number of aliphatic hydroxyl groups excluding tert-OH is 1. The number of carbonyl (C=O) groups excluding carboxylic acids is 1. The molecule has 4 rings (SSSR count). The van der Waals surface area contributed by atoms with E-state index in [2.05, 4.69) is 15.6 Å². The number of aromatic nitrogens is 3. The number of nitrogens with one attached hydrogen (secondary N) is 2. The van der Waals surface area contributed by atoms with E-state index in [0.29, 0.717) is 43.9 Å². The Hall–Kier alpha value is -2.81. The van der Waals surface area contributed by atoms with Crippen molar-refractivity contribution in [2.24, 2.45) is 5.73 Å². The summed E-state index contributed by atoms with van der Waals surface area (Å²) in [6.07, 6.45) is 3.29. The standard InChI is InChI=1S/C19H22N6O2/c20-4-6-23-14-1-2-15-17-16(14)19(27)13-11-22-5-3-12(13)18(17)24-25(15)9-7-21-8-10-26/h1-3,5,11,21,23,26H,4,6-10,20H2. The zero-order valence-corrected chi connectivity index (χ0v) is 14.9. The van der Waals surface area contributed by atoms with Gasteiger partial charge in [-0.25, -0.2) is 0 Å². The van der Waals surface area contributed by atoms with E-state index in [1.54, 1.807) is 12.4 Å². The third-order valence-electron chi connectivity index (χ3n) is 4.72. The highest BCUT2D eigenvalue weighted by molar-refractivity contribution is 6.27. The maximum Gasteiger partial charge on any atom is 0.198 e. The van der Waals surface area contributed by atoms with Crippen molar-refractivity contribution in [2.75, 3.05) is 38.1 Å². The van der Waals surface area contributed by atoms with Crippen LogP contribution >= 0.6 is 0 Å². The Kier molecular flexibility index (Phi) is 4.85. The Bertz CT molecular complexity index is 997. The number of aliphatic hydroxyl groups is 1. The molecule has 0 spiro atoms. The van der Waals surface area contributed by atoms with Crippen LogP contribution in [0.5, 0.6) is 0 Å². The number of carbonyl (C=O) groups is 1. The molecule has 140 valence electrons. The van der Waals surface area contributed by atoms with Crippen LogP contribution in [0.15, 0.2) is 30.6 Å². The molecule has 0 saturated heterocycles. The van der Waals surface area contributed by atoms with Gasteiger partial charge in [0.1, 0.15) is 5.69 Å². The first-order valence-corrected chi connectivity index (χ1v) is 9.04. The largest absolute Gasteiger partial charge is 0.395 e. The summed E-state index contributed by atoms with van der Waals surface area (Å²) in [6.45, 7) is 3.01. The summed E-state index contributed by atoms with van der Waals surface area (Å²) in [4.78, 5) is 17.3. The van der Waals surface area contributed by atoms with E-state index >= 15 is 0 Å². The van der Waals surface area contributed by atoms with E-state index in [4.69, 9.17) is 15.9 Å². The van der Waals surface area contributed by atoms with Crippen LogP contribution in [-0.4, -0.2) is 58.4 Å². The van der Waals surface area contributed by atoms with Gasteiger partial charge >= 0.3 is 0 Å². The Morgan fingerprint density at radius 2 is 2.04 bits per heavy atom. The lowest BCUT2D eigenvalue weighted by atomic mass is 9.87. The van der Waals surface area contributed by atoms with Crippen molar-refractivity contribution >= 4 is 22.4 Å². The molecule has 0 unspecified atom stereocenters. The third-order valence-corrected chi connectivity index (χ3v) is 4.72. The van der Waals surface area contributed by atoms with Gasteiger partial charge in [-0.1, -0.05) is 0 Å². The summed E-state index contributed by atoms with van der Waals surface area (Å²) in [5.41, 5.74) is 10.1. The Labute approximate surface area is 156 Å². The van der Waals surface area contributed by atoms with Crippen LogP contribution in [0, 0.1) is 0 Å². The second-order valence-corrected chi connectivity index (χ2v) is 6.39. The fourth-order valence-electron chi connectivity index (χ4n) is 3.53. The molecule has 0 bridgehead atoms. The highest BCUT2D eigenvalue weighted by Gasteiger charge is 2.31. The molecule has 8 nitrogen and oxygen atoms in total. The smallest absolute Gasteiger partial charge is 0.198 e. The van der Waals surface area contributed by atoms with Crippen molar-refractivity contribution in [3.8, 4) is 11.3 Å². The van der Waals surface area contributed by atoms with Gasteiger partial charge in [-0.2, -0.15) is 5.10 Å². The molecule has 0 radical (unpaired) electrons. The first kappa shape index (κ1) is 17.6. The Morgan fingerprint density at radius 1 is 1.15 bits per heavy atom. The lowest BCUT2D eigenvalue weighted by Gasteiger charge is -2.18. The van der Waals surface area contributed by atoms with Gasteiger partial charge in [-0.3, -0.25) is 14.5 Å². The first-order valence-electron chi connectivity index (χ1n) is 9.04. The number of anilines is 1. The molecule has 0 atom stereocenters. The molecule has 0 saturated carbocycles. The number of fused-ring (bicyclic) bond motifs is 2. The predicted molar refractivity (Wildman–Crippen MR) is 104 cm³/mol. The average Bonchev–Trinajstić information content (AvgIpc) is 3.07. The van der Waals surface area contributed by atoms with Crippen LogP contribution in [0.2, 0.25) is 0 Å². The van der Waals surface area contributed by atoms with Gasteiger partial charge in [-0.15, -0.1) is 0 Å². The summed E-state index contributed by atoms with van der Waals surface area (Å²) < 4.78 is 1.91. The number of benzene rings is 1. The van der Waals surface area contributed by atoms with E-state index in [1.165, 1.54) is 0 Å². The lowest BCUT2D eigenvalue weighted by Crippen LogP contribution is -2.23. The zero-order valence-electron chi connectivity index (χ0n) is 14.9. The fraction of sp³-hybridized carbons (Fsp3) is 0.316. The Morgan fingerprint density at radius 3 is 2.85 bits per heavy atom. The number of hydrogen-bond donors (Lipinski definition) is 4. The number of nitrogens with two attached hydrogens (primary N) is 1. The van der Waals surface area contributed by atoms with Crippen molar-refractivity contribution in [3.63, 3.8) is 0 Å². The van der Waals surface area contributed by atoms with Gasteiger partial charge in [0.2, 0.25) is 0 Å². The molecule has 27 heavy (non-hydrogen) atoms. The van der Waals surface area contributed by atoms with Crippen molar-refractivity contribution in [2.45, 2.75) is 6.54 Å². The molecule has 8 heteroatoms. The molecule has 0 fully saturated rings.